The third-order valence-corrected chi connectivity index (χ3v) is 6.05. The van der Waals surface area contributed by atoms with Gasteiger partial charge < -0.3 is 4.74 Å². The number of allylic oxidation sites excluding steroid dienone is 1. The average molecular weight is 451 g/mol. The standard InChI is InChI=1S/C24H32F6O/c1-4-6-7-8-17-9-11-18(12-10-17)13-14-19-16(3)15-20(31-5-2)22(24(28,29)30)21(19)23(25,26)27/h13-15,17-18H,4-12H2,1-3H3/b14-13+. The van der Waals surface area contributed by atoms with Gasteiger partial charge in [-0.1, -0.05) is 44.8 Å². The Morgan fingerprint density at radius 3 is 2.06 bits per heavy atom. The molecule has 0 saturated heterocycles. The van der Waals surface area contributed by atoms with E-state index in [4.69, 9.17) is 4.74 Å². The fourth-order valence-corrected chi connectivity index (χ4v) is 4.45. The van der Waals surface area contributed by atoms with E-state index in [2.05, 4.69) is 6.92 Å². The molecule has 0 amide bonds. The fraction of sp³-hybridized carbons (Fsp3) is 0.667. The number of hydrogen-bond donors (Lipinski definition) is 0. The first-order valence-electron chi connectivity index (χ1n) is 11.1. The largest absolute Gasteiger partial charge is 0.493 e. The highest BCUT2D eigenvalue weighted by atomic mass is 19.4. The van der Waals surface area contributed by atoms with E-state index < -0.39 is 34.8 Å². The number of unbranched alkanes of at least 4 members (excludes halogenated alkanes) is 2. The van der Waals surface area contributed by atoms with Gasteiger partial charge >= 0.3 is 12.4 Å². The molecular weight excluding hydrogens is 418 g/mol. The maximum absolute atomic E-state index is 13.8. The molecule has 0 aliphatic heterocycles. The highest BCUT2D eigenvalue weighted by Gasteiger charge is 2.47. The Morgan fingerprint density at radius 1 is 0.935 bits per heavy atom. The number of alkyl halides is 6. The van der Waals surface area contributed by atoms with Gasteiger partial charge in [0.2, 0.25) is 0 Å². The van der Waals surface area contributed by atoms with E-state index in [9.17, 15) is 26.3 Å². The Labute approximate surface area is 180 Å². The zero-order chi connectivity index (χ0) is 23.2. The van der Waals surface area contributed by atoms with E-state index in [1.54, 1.807) is 6.08 Å². The molecule has 0 bridgehead atoms. The molecule has 1 aromatic rings. The zero-order valence-electron chi connectivity index (χ0n) is 18.4. The summed E-state index contributed by atoms with van der Waals surface area (Å²) in [5.74, 6) is -0.0423. The van der Waals surface area contributed by atoms with Crippen LogP contribution in [0.4, 0.5) is 26.3 Å². The molecule has 0 N–H and O–H groups in total. The van der Waals surface area contributed by atoms with Crippen molar-refractivity contribution < 1.29 is 31.1 Å². The lowest BCUT2D eigenvalue weighted by Crippen LogP contribution is -2.20. The van der Waals surface area contributed by atoms with Crippen molar-refractivity contribution in [2.45, 2.75) is 84.5 Å². The highest BCUT2D eigenvalue weighted by Crippen LogP contribution is 2.48. The van der Waals surface area contributed by atoms with E-state index in [-0.39, 0.29) is 18.1 Å². The number of benzene rings is 1. The van der Waals surface area contributed by atoms with Gasteiger partial charge in [0.25, 0.3) is 0 Å². The topological polar surface area (TPSA) is 9.23 Å². The normalized spacial score (nSPS) is 20.4. The van der Waals surface area contributed by atoms with Gasteiger partial charge in [0.1, 0.15) is 11.3 Å². The molecule has 0 heterocycles. The minimum atomic E-state index is -5.18. The van der Waals surface area contributed by atoms with Gasteiger partial charge in [-0.2, -0.15) is 26.3 Å². The molecule has 0 atom stereocenters. The minimum Gasteiger partial charge on any atom is -0.493 e. The van der Waals surface area contributed by atoms with Crippen molar-refractivity contribution in [3.63, 3.8) is 0 Å². The van der Waals surface area contributed by atoms with Crippen molar-refractivity contribution in [1.29, 1.82) is 0 Å². The van der Waals surface area contributed by atoms with E-state index in [0.717, 1.165) is 31.7 Å². The van der Waals surface area contributed by atoms with Crippen LogP contribution in [-0.4, -0.2) is 6.61 Å². The van der Waals surface area contributed by atoms with Crippen LogP contribution in [0.3, 0.4) is 0 Å². The number of halogens is 6. The molecule has 2 rings (SSSR count). The van der Waals surface area contributed by atoms with E-state index >= 15 is 0 Å². The summed E-state index contributed by atoms with van der Waals surface area (Å²) in [7, 11) is 0. The molecule has 1 nitrogen and oxygen atoms in total. The second-order valence-electron chi connectivity index (χ2n) is 8.42. The number of hydrogen-bond acceptors (Lipinski definition) is 1. The molecule has 1 aliphatic rings. The maximum atomic E-state index is 13.8. The first kappa shape index (κ1) is 25.6. The maximum Gasteiger partial charge on any atom is 0.420 e. The summed E-state index contributed by atoms with van der Waals surface area (Å²) < 4.78 is 87.3. The molecule has 7 heteroatoms. The van der Waals surface area contributed by atoms with Crippen LogP contribution in [0, 0.1) is 18.8 Å². The van der Waals surface area contributed by atoms with Crippen molar-refractivity contribution in [2.75, 3.05) is 6.61 Å². The Bertz CT molecular complexity index is 740. The summed E-state index contributed by atoms with van der Waals surface area (Å²) in [6.07, 6.45) is 1.07. The van der Waals surface area contributed by atoms with Gasteiger partial charge in [0, 0.05) is 0 Å². The smallest absolute Gasteiger partial charge is 0.420 e. The Kier molecular flexibility index (Phi) is 8.90. The molecule has 0 aromatic heterocycles. The lowest BCUT2D eigenvalue weighted by atomic mass is 9.79. The minimum absolute atomic E-state index is 0.0869. The quantitative estimate of drug-likeness (QED) is 0.284. The van der Waals surface area contributed by atoms with Crippen LogP contribution in [-0.2, 0) is 12.4 Å². The highest BCUT2D eigenvalue weighted by molar-refractivity contribution is 5.65. The van der Waals surface area contributed by atoms with Crippen LogP contribution in [0.15, 0.2) is 12.1 Å². The lowest BCUT2D eigenvalue weighted by Gasteiger charge is -2.27. The second kappa shape index (κ2) is 10.8. The van der Waals surface area contributed by atoms with Crippen LogP contribution < -0.4 is 4.74 Å². The van der Waals surface area contributed by atoms with Gasteiger partial charge in [0.15, 0.2) is 0 Å². The monoisotopic (exact) mass is 450 g/mol. The first-order chi connectivity index (χ1) is 14.5. The predicted molar refractivity (Wildman–Crippen MR) is 111 cm³/mol. The average Bonchev–Trinajstić information content (AvgIpc) is 2.66. The Morgan fingerprint density at radius 2 is 1.55 bits per heavy atom. The molecule has 0 spiro atoms. The Hall–Kier alpha value is -1.66. The molecule has 1 aliphatic carbocycles. The van der Waals surface area contributed by atoms with E-state index in [0.29, 0.717) is 5.92 Å². The summed E-state index contributed by atoms with van der Waals surface area (Å²) in [5, 5.41) is 0. The van der Waals surface area contributed by atoms with Crippen molar-refractivity contribution >= 4 is 6.08 Å². The third-order valence-electron chi connectivity index (χ3n) is 6.05. The molecule has 0 radical (unpaired) electrons. The third kappa shape index (κ3) is 6.91. The molecule has 31 heavy (non-hydrogen) atoms. The molecule has 176 valence electrons. The van der Waals surface area contributed by atoms with Gasteiger partial charge in [-0.25, -0.2) is 0 Å². The summed E-state index contributed by atoms with van der Waals surface area (Å²) in [5.41, 5.74) is -3.71. The van der Waals surface area contributed by atoms with Crippen LogP contribution in [0.5, 0.6) is 5.75 Å². The van der Waals surface area contributed by atoms with Crippen LogP contribution in [0.2, 0.25) is 0 Å². The number of aryl methyl sites for hydroxylation is 1. The molecule has 1 fully saturated rings. The number of ether oxygens (including phenoxy) is 1. The van der Waals surface area contributed by atoms with E-state index in [1.165, 1.54) is 45.6 Å². The first-order valence-corrected chi connectivity index (χ1v) is 11.1. The molecule has 0 unspecified atom stereocenters. The summed E-state index contributed by atoms with van der Waals surface area (Å²) in [6.45, 7) is 4.83. The fourth-order valence-electron chi connectivity index (χ4n) is 4.45. The van der Waals surface area contributed by atoms with Crippen LogP contribution in [0.1, 0.15) is 87.5 Å². The molecular formula is C24H32F6O. The molecule has 1 aromatic carbocycles. The predicted octanol–water partition coefficient (Wildman–Crippen LogP) is 8.83. The van der Waals surface area contributed by atoms with Gasteiger partial charge in [0.05, 0.1) is 12.2 Å². The van der Waals surface area contributed by atoms with Crippen molar-refractivity contribution in [2.24, 2.45) is 11.8 Å². The molecule has 1 saturated carbocycles. The zero-order valence-corrected chi connectivity index (χ0v) is 18.4. The summed E-state index contributed by atoms with van der Waals surface area (Å²) >= 11 is 0. The Balaban J connectivity index is 2.32. The van der Waals surface area contributed by atoms with Gasteiger partial charge in [-0.15, -0.1) is 0 Å². The SMILES string of the molecule is CCCCCC1CCC(/C=C/c2c(C)cc(OCC)c(C(F)(F)F)c2C(F)(F)F)CC1. The second-order valence-corrected chi connectivity index (χ2v) is 8.42. The van der Waals surface area contributed by atoms with Crippen molar-refractivity contribution in [1.82, 2.24) is 0 Å². The number of rotatable bonds is 8. The lowest BCUT2D eigenvalue weighted by molar-refractivity contribution is -0.163. The summed E-state index contributed by atoms with van der Waals surface area (Å²) in [6, 6.07) is 1.06. The van der Waals surface area contributed by atoms with Gasteiger partial charge in [-0.05, 0) is 68.6 Å². The van der Waals surface area contributed by atoms with Gasteiger partial charge in [-0.3, -0.25) is 0 Å². The van der Waals surface area contributed by atoms with Crippen LogP contribution in [0.25, 0.3) is 6.08 Å². The van der Waals surface area contributed by atoms with Crippen molar-refractivity contribution in [3.8, 4) is 5.75 Å². The summed E-state index contributed by atoms with van der Waals surface area (Å²) in [4.78, 5) is 0. The van der Waals surface area contributed by atoms with E-state index in [1.807, 2.05) is 0 Å². The van der Waals surface area contributed by atoms with Crippen LogP contribution >= 0.6 is 0 Å². The van der Waals surface area contributed by atoms with Crippen molar-refractivity contribution in [3.05, 3.63) is 34.4 Å².